The van der Waals surface area contributed by atoms with Gasteiger partial charge in [-0.1, -0.05) is 6.07 Å². The molecule has 2 aliphatic rings. The first kappa shape index (κ1) is 17.0. The minimum absolute atomic E-state index is 0.0842. The molecule has 2 fully saturated rings. The van der Waals surface area contributed by atoms with Gasteiger partial charge in [0, 0.05) is 39.6 Å². The summed E-state index contributed by atoms with van der Waals surface area (Å²) in [5.74, 6) is 1.74. The predicted molar refractivity (Wildman–Crippen MR) is 98.0 cm³/mol. The van der Waals surface area contributed by atoms with Crippen LogP contribution in [0.25, 0.3) is 0 Å². The lowest BCUT2D eigenvalue weighted by Crippen LogP contribution is -2.35. The molecule has 1 aliphatic heterocycles. The van der Waals surface area contributed by atoms with Crippen molar-refractivity contribution in [3.63, 3.8) is 0 Å². The summed E-state index contributed by atoms with van der Waals surface area (Å²) in [7, 11) is 3.47. The second kappa shape index (κ2) is 6.72. The van der Waals surface area contributed by atoms with Crippen LogP contribution in [0.2, 0.25) is 0 Å². The minimum atomic E-state index is -0.347. The number of imidazole rings is 1. The van der Waals surface area contributed by atoms with E-state index >= 15 is 0 Å². The van der Waals surface area contributed by atoms with Gasteiger partial charge in [0.1, 0.15) is 11.5 Å². The first-order chi connectivity index (χ1) is 12.5. The Bertz CT molecular complexity index is 776. The molecule has 1 amide bonds. The highest BCUT2D eigenvalue weighted by molar-refractivity contribution is 5.92. The number of fused-ring (bicyclic) bond motifs is 1. The van der Waals surface area contributed by atoms with Gasteiger partial charge in [-0.15, -0.1) is 0 Å². The number of hydrogen-bond donors (Lipinski definition) is 1. The van der Waals surface area contributed by atoms with Crippen molar-refractivity contribution in [3.8, 4) is 0 Å². The van der Waals surface area contributed by atoms with E-state index < -0.39 is 0 Å². The van der Waals surface area contributed by atoms with Gasteiger partial charge in [-0.2, -0.15) is 0 Å². The van der Waals surface area contributed by atoms with Crippen LogP contribution in [-0.4, -0.2) is 63.7 Å². The normalized spacial score (nSPS) is 28.0. The summed E-state index contributed by atoms with van der Waals surface area (Å²) in [6.45, 7) is 1.79. The van der Waals surface area contributed by atoms with Crippen molar-refractivity contribution in [3.05, 3.63) is 42.6 Å². The number of anilines is 1. The van der Waals surface area contributed by atoms with Crippen LogP contribution in [0.1, 0.15) is 29.4 Å². The van der Waals surface area contributed by atoms with Gasteiger partial charge in [0.2, 0.25) is 0 Å². The number of pyridine rings is 1. The molecule has 0 bridgehead atoms. The van der Waals surface area contributed by atoms with Crippen LogP contribution >= 0.6 is 0 Å². The van der Waals surface area contributed by atoms with Crippen LogP contribution in [0.5, 0.6) is 0 Å². The summed E-state index contributed by atoms with van der Waals surface area (Å²) in [5, 5.41) is 10.6. The van der Waals surface area contributed by atoms with Crippen LogP contribution in [0, 0.1) is 11.8 Å². The fourth-order valence-corrected chi connectivity index (χ4v) is 4.33. The smallest absolute Gasteiger partial charge is 0.272 e. The molecule has 3 heterocycles. The Balaban J connectivity index is 1.50. The Morgan fingerprint density at radius 3 is 2.69 bits per heavy atom. The molecule has 1 aliphatic carbocycles. The molecule has 2 aromatic heterocycles. The maximum absolute atomic E-state index is 12.2. The molecule has 1 saturated heterocycles. The molecule has 0 spiro atoms. The Morgan fingerprint density at radius 2 is 2.00 bits per heavy atom. The summed E-state index contributed by atoms with van der Waals surface area (Å²) in [6, 6.07) is 5.71. The first-order valence-corrected chi connectivity index (χ1v) is 9.12. The molecular weight excluding hydrogens is 330 g/mol. The second-order valence-corrected chi connectivity index (χ2v) is 7.62. The lowest BCUT2D eigenvalue weighted by atomic mass is 9.77. The molecule has 4 atom stereocenters. The summed E-state index contributed by atoms with van der Waals surface area (Å²) in [4.78, 5) is 24.7. The third-order valence-corrected chi connectivity index (χ3v) is 5.70. The zero-order valence-corrected chi connectivity index (χ0v) is 15.2. The number of hydrogen-bond acceptors (Lipinski definition) is 5. The van der Waals surface area contributed by atoms with Crippen LogP contribution in [-0.2, 0) is 0 Å². The number of carbonyl (C=O) groups excluding carboxylic acids is 1. The van der Waals surface area contributed by atoms with Crippen molar-refractivity contribution >= 4 is 11.7 Å². The van der Waals surface area contributed by atoms with Gasteiger partial charge in [-0.3, -0.25) is 4.79 Å². The monoisotopic (exact) mass is 355 g/mol. The SMILES string of the molecule is CN(C)C(=O)c1cccc(N2C[C@H]3C[C@@H](n4ccnc4)[C@H](O)C[C@H]3C2)n1. The molecule has 7 nitrogen and oxygen atoms in total. The van der Waals surface area contributed by atoms with Crippen molar-refractivity contribution in [2.45, 2.75) is 25.0 Å². The molecule has 1 N–H and O–H groups in total. The highest BCUT2D eigenvalue weighted by Gasteiger charge is 2.42. The third-order valence-electron chi connectivity index (χ3n) is 5.70. The number of nitrogens with zero attached hydrogens (tertiary/aromatic N) is 5. The second-order valence-electron chi connectivity index (χ2n) is 7.62. The molecule has 26 heavy (non-hydrogen) atoms. The van der Waals surface area contributed by atoms with Crippen molar-refractivity contribution in [2.75, 3.05) is 32.1 Å². The van der Waals surface area contributed by atoms with E-state index in [1.807, 2.05) is 22.9 Å². The molecule has 0 unspecified atom stereocenters. The van der Waals surface area contributed by atoms with Gasteiger partial charge in [-0.05, 0) is 36.8 Å². The minimum Gasteiger partial charge on any atom is -0.391 e. The predicted octanol–water partition coefficient (Wildman–Crippen LogP) is 1.43. The van der Waals surface area contributed by atoms with E-state index in [0.29, 0.717) is 17.5 Å². The fourth-order valence-electron chi connectivity index (χ4n) is 4.33. The van der Waals surface area contributed by atoms with E-state index in [4.69, 9.17) is 0 Å². The van der Waals surface area contributed by atoms with Gasteiger partial charge in [0.15, 0.2) is 0 Å². The van der Waals surface area contributed by atoms with Crippen LogP contribution < -0.4 is 4.90 Å². The molecular formula is C19H25N5O2. The lowest BCUT2D eigenvalue weighted by molar-refractivity contribution is 0.0358. The Morgan fingerprint density at radius 1 is 1.23 bits per heavy atom. The zero-order chi connectivity index (χ0) is 18.3. The van der Waals surface area contributed by atoms with Crippen molar-refractivity contribution in [2.24, 2.45) is 11.8 Å². The quantitative estimate of drug-likeness (QED) is 0.902. The third kappa shape index (κ3) is 3.07. The molecule has 0 aromatic carbocycles. The topological polar surface area (TPSA) is 74.5 Å². The van der Waals surface area contributed by atoms with Gasteiger partial charge < -0.3 is 19.5 Å². The fraction of sp³-hybridized carbons (Fsp3) is 0.526. The van der Waals surface area contributed by atoms with Crippen LogP contribution in [0.4, 0.5) is 5.82 Å². The average molecular weight is 355 g/mol. The number of rotatable bonds is 3. The maximum atomic E-state index is 12.2. The summed E-state index contributed by atoms with van der Waals surface area (Å²) in [6.07, 6.45) is 6.87. The summed E-state index contributed by atoms with van der Waals surface area (Å²) >= 11 is 0. The highest BCUT2D eigenvalue weighted by Crippen LogP contribution is 2.42. The number of aliphatic hydroxyl groups is 1. The van der Waals surface area contributed by atoms with E-state index in [1.54, 1.807) is 37.6 Å². The number of aliphatic hydroxyl groups excluding tert-OH is 1. The standard InChI is InChI=1S/C19H25N5O2/c1-22(2)19(26)15-4-3-5-18(21-15)24-10-13-8-16(23-7-6-20-12-23)17(25)9-14(13)11-24/h3-7,12-14,16-17,25H,8-11H2,1-2H3/t13-,14+,16-,17-/m1/s1. The Hall–Kier alpha value is -2.41. The summed E-state index contributed by atoms with van der Waals surface area (Å²) in [5.41, 5.74) is 0.471. The average Bonchev–Trinajstić information content (AvgIpc) is 3.29. The van der Waals surface area contributed by atoms with E-state index in [2.05, 4.69) is 14.9 Å². The van der Waals surface area contributed by atoms with E-state index in [1.165, 1.54) is 0 Å². The largest absolute Gasteiger partial charge is 0.391 e. The van der Waals surface area contributed by atoms with Gasteiger partial charge in [0.25, 0.3) is 5.91 Å². The van der Waals surface area contributed by atoms with E-state index in [-0.39, 0.29) is 18.1 Å². The molecule has 138 valence electrons. The maximum Gasteiger partial charge on any atom is 0.272 e. The van der Waals surface area contributed by atoms with Crippen LogP contribution in [0.3, 0.4) is 0 Å². The van der Waals surface area contributed by atoms with Crippen molar-refractivity contribution < 1.29 is 9.90 Å². The number of carbonyl (C=O) groups is 1. The highest BCUT2D eigenvalue weighted by atomic mass is 16.3. The first-order valence-electron chi connectivity index (χ1n) is 9.12. The summed E-state index contributed by atoms with van der Waals surface area (Å²) < 4.78 is 2.03. The van der Waals surface area contributed by atoms with E-state index in [0.717, 1.165) is 31.7 Å². The molecule has 7 heteroatoms. The van der Waals surface area contributed by atoms with Gasteiger partial charge >= 0.3 is 0 Å². The van der Waals surface area contributed by atoms with Crippen molar-refractivity contribution in [1.29, 1.82) is 0 Å². The molecule has 2 aromatic rings. The molecule has 0 radical (unpaired) electrons. The molecule has 1 saturated carbocycles. The van der Waals surface area contributed by atoms with Gasteiger partial charge in [0.05, 0.1) is 18.5 Å². The number of aromatic nitrogens is 3. The molecule has 4 rings (SSSR count). The Kier molecular flexibility index (Phi) is 4.40. The zero-order valence-electron chi connectivity index (χ0n) is 15.2. The van der Waals surface area contributed by atoms with Gasteiger partial charge in [-0.25, -0.2) is 9.97 Å². The van der Waals surface area contributed by atoms with Crippen LogP contribution in [0.15, 0.2) is 36.9 Å². The lowest BCUT2D eigenvalue weighted by Gasteiger charge is -2.35. The van der Waals surface area contributed by atoms with Crippen molar-refractivity contribution in [1.82, 2.24) is 19.4 Å². The Labute approximate surface area is 153 Å². The number of amides is 1. The van der Waals surface area contributed by atoms with E-state index in [9.17, 15) is 9.90 Å².